The van der Waals surface area contributed by atoms with E-state index in [1.807, 2.05) is 16.7 Å². The van der Waals surface area contributed by atoms with Gasteiger partial charge in [0, 0.05) is 50.5 Å². The fourth-order valence-corrected chi connectivity index (χ4v) is 5.09. The number of carbonyl (C=O) groups excluding carboxylic acids is 2. The van der Waals surface area contributed by atoms with Crippen LogP contribution in [0.15, 0.2) is 0 Å². The van der Waals surface area contributed by atoms with Gasteiger partial charge >= 0.3 is 0 Å². The van der Waals surface area contributed by atoms with E-state index in [4.69, 9.17) is 0 Å². The van der Waals surface area contributed by atoms with Gasteiger partial charge in [-0.3, -0.25) is 14.5 Å². The molecule has 0 aromatic heterocycles. The van der Waals surface area contributed by atoms with Gasteiger partial charge in [-0.15, -0.1) is 11.8 Å². The number of likely N-dealkylation sites (N-methyl/N-ethyl adjacent to an activating group) is 1. The first-order valence-electron chi connectivity index (χ1n) is 7.12. The van der Waals surface area contributed by atoms with Crippen molar-refractivity contribution >= 4 is 35.3 Å². The summed E-state index contributed by atoms with van der Waals surface area (Å²) in [6, 6.07) is 0. The van der Waals surface area contributed by atoms with Crippen molar-refractivity contribution in [3.63, 3.8) is 0 Å². The van der Waals surface area contributed by atoms with E-state index in [0.29, 0.717) is 12.5 Å². The summed E-state index contributed by atoms with van der Waals surface area (Å²) in [4.78, 5) is 28.0. The molecule has 2 saturated heterocycles. The number of hydrogen-bond acceptors (Lipinski definition) is 5. The highest BCUT2D eigenvalue weighted by Crippen LogP contribution is 2.25. The SMILES string of the molecule is CNC(=O)CN1CCCN(C(=O)C2CSCCS2)CC1. The van der Waals surface area contributed by atoms with E-state index in [1.54, 1.807) is 18.8 Å². The van der Waals surface area contributed by atoms with Gasteiger partial charge in [-0.05, 0) is 6.42 Å². The predicted octanol–water partition coefficient (Wildman–Crippen LogP) is 0.115. The lowest BCUT2D eigenvalue weighted by Crippen LogP contribution is -2.43. The van der Waals surface area contributed by atoms with Crippen LogP contribution < -0.4 is 5.32 Å². The minimum Gasteiger partial charge on any atom is -0.358 e. The monoisotopic (exact) mass is 317 g/mol. The van der Waals surface area contributed by atoms with Crippen molar-refractivity contribution in [3.8, 4) is 0 Å². The number of amides is 2. The minimum atomic E-state index is 0.0454. The molecule has 20 heavy (non-hydrogen) atoms. The van der Waals surface area contributed by atoms with Crippen molar-refractivity contribution in [3.05, 3.63) is 0 Å². The maximum atomic E-state index is 12.5. The molecule has 0 aliphatic carbocycles. The number of rotatable bonds is 3. The highest BCUT2D eigenvalue weighted by atomic mass is 32.2. The summed E-state index contributed by atoms with van der Waals surface area (Å²) in [7, 11) is 1.66. The summed E-state index contributed by atoms with van der Waals surface area (Å²) in [5.41, 5.74) is 0. The van der Waals surface area contributed by atoms with E-state index in [9.17, 15) is 9.59 Å². The number of hydrogen-bond donors (Lipinski definition) is 1. The largest absolute Gasteiger partial charge is 0.358 e. The Labute approximate surface area is 129 Å². The smallest absolute Gasteiger partial charge is 0.236 e. The Hall–Kier alpha value is -0.400. The van der Waals surface area contributed by atoms with E-state index in [1.165, 1.54) is 0 Å². The van der Waals surface area contributed by atoms with Crippen LogP contribution in [-0.4, -0.2) is 83.9 Å². The van der Waals surface area contributed by atoms with Crippen LogP contribution in [0.4, 0.5) is 0 Å². The van der Waals surface area contributed by atoms with Gasteiger partial charge in [0.15, 0.2) is 0 Å². The first-order valence-corrected chi connectivity index (χ1v) is 9.32. The first-order chi connectivity index (χ1) is 9.70. The van der Waals surface area contributed by atoms with E-state index >= 15 is 0 Å². The average molecular weight is 317 g/mol. The molecule has 7 heteroatoms. The van der Waals surface area contributed by atoms with Gasteiger partial charge in [0.1, 0.15) is 0 Å². The molecule has 2 aliphatic rings. The van der Waals surface area contributed by atoms with Gasteiger partial charge in [0.05, 0.1) is 11.8 Å². The molecule has 2 rings (SSSR count). The topological polar surface area (TPSA) is 52.7 Å². The molecule has 2 amide bonds. The van der Waals surface area contributed by atoms with Gasteiger partial charge in [-0.25, -0.2) is 0 Å². The van der Waals surface area contributed by atoms with Gasteiger partial charge in [-0.2, -0.15) is 11.8 Å². The molecule has 2 aliphatic heterocycles. The maximum Gasteiger partial charge on any atom is 0.236 e. The Kier molecular flexibility index (Phi) is 6.51. The van der Waals surface area contributed by atoms with E-state index in [0.717, 1.165) is 49.9 Å². The van der Waals surface area contributed by atoms with Gasteiger partial charge in [0.2, 0.25) is 11.8 Å². The van der Waals surface area contributed by atoms with Crippen LogP contribution in [0.2, 0.25) is 0 Å². The standard InChI is InChI=1S/C13H23N3O2S2/c1-14-12(17)9-15-3-2-4-16(6-5-15)13(18)11-10-19-7-8-20-11/h11H,2-10H2,1H3,(H,14,17). The Morgan fingerprint density at radius 3 is 2.75 bits per heavy atom. The number of nitrogens with zero attached hydrogens (tertiary/aromatic N) is 2. The van der Waals surface area contributed by atoms with E-state index < -0.39 is 0 Å². The third-order valence-corrected chi connectivity index (χ3v) is 6.38. The second-order valence-corrected chi connectivity index (χ2v) is 7.52. The predicted molar refractivity (Wildman–Crippen MR) is 85.3 cm³/mol. The van der Waals surface area contributed by atoms with Gasteiger partial charge < -0.3 is 10.2 Å². The van der Waals surface area contributed by atoms with E-state index in [-0.39, 0.29) is 11.2 Å². The number of carbonyl (C=O) groups is 2. The maximum absolute atomic E-state index is 12.5. The zero-order valence-corrected chi connectivity index (χ0v) is 13.6. The summed E-state index contributed by atoms with van der Waals surface area (Å²) in [5.74, 6) is 3.53. The Morgan fingerprint density at radius 2 is 2.05 bits per heavy atom. The van der Waals surface area contributed by atoms with Crippen molar-refractivity contribution in [1.29, 1.82) is 0 Å². The molecule has 0 radical (unpaired) electrons. The summed E-state index contributed by atoms with van der Waals surface area (Å²) >= 11 is 3.68. The quantitative estimate of drug-likeness (QED) is 0.801. The lowest BCUT2D eigenvalue weighted by atomic mass is 10.3. The van der Waals surface area contributed by atoms with Crippen LogP contribution >= 0.6 is 23.5 Å². The van der Waals surface area contributed by atoms with Crippen molar-refractivity contribution < 1.29 is 9.59 Å². The van der Waals surface area contributed by atoms with Crippen molar-refractivity contribution in [1.82, 2.24) is 15.1 Å². The fraction of sp³-hybridized carbons (Fsp3) is 0.846. The number of nitrogens with one attached hydrogen (secondary N) is 1. The van der Waals surface area contributed by atoms with Gasteiger partial charge in [-0.1, -0.05) is 0 Å². The van der Waals surface area contributed by atoms with Crippen LogP contribution in [0.1, 0.15) is 6.42 Å². The molecule has 0 bridgehead atoms. The first kappa shape index (κ1) is 16.0. The number of thioether (sulfide) groups is 2. The fourth-order valence-electron chi connectivity index (χ4n) is 2.47. The highest BCUT2D eigenvalue weighted by Gasteiger charge is 2.28. The second-order valence-electron chi connectivity index (χ2n) is 5.06. The average Bonchev–Trinajstić information content (AvgIpc) is 2.73. The van der Waals surface area contributed by atoms with Crippen LogP contribution in [0.3, 0.4) is 0 Å². The third-order valence-electron chi connectivity index (χ3n) is 3.64. The van der Waals surface area contributed by atoms with E-state index in [2.05, 4.69) is 10.2 Å². The molecule has 1 atom stereocenters. The summed E-state index contributed by atoms with van der Waals surface area (Å²) in [6.45, 7) is 3.70. The lowest BCUT2D eigenvalue weighted by molar-refractivity contribution is -0.130. The zero-order valence-electron chi connectivity index (χ0n) is 12.0. The molecular weight excluding hydrogens is 294 g/mol. The van der Waals surface area contributed by atoms with Crippen molar-refractivity contribution in [2.75, 3.05) is 57.0 Å². The minimum absolute atomic E-state index is 0.0454. The molecule has 0 aromatic carbocycles. The second kappa shape index (κ2) is 8.14. The summed E-state index contributed by atoms with van der Waals surface area (Å²) < 4.78 is 0. The highest BCUT2D eigenvalue weighted by molar-refractivity contribution is 8.07. The molecular formula is C13H23N3O2S2. The normalized spacial score (nSPS) is 25.1. The van der Waals surface area contributed by atoms with Crippen LogP contribution in [0.5, 0.6) is 0 Å². The molecule has 5 nitrogen and oxygen atoms in total. The molecule has 1 N–H and O–H groups in total. The Morgan fingerprint density at radius 1 is 1.20 bits per heavy atom. The van der Waals surface area contributed by atoms with Crippen LogP contribution in [-0.2, 0) is 9.59 Å². The molecule has 2 heterocycles. The molecule has 0 spiro atoms. The zero-order chi connectivity index (χ0) is 14.4. The van der Waals surface area contributed by atoms with Crippen molar-refractivity contribution in [2.45, 2.75) is 11.7 Å². The third kappa shape index (κ3) is 4.56. The molecule has 1 unspecified atom stereocenters. The van der Waals surface area contributed by atoms with Gasteiger partial charge in [0.25, 0.3) is 0 Å². The molecule has 114 valence electrons. The summed E-state index contributed by atoms with van der Waals surface area (Å²) in [5, 5.41) is 2.79. The van der Waals surface area contributed by atoms with Crippen LogP contribution in [0.25, 0.3) is 0 Å². The lowest BCUT2D eigenvalue weighted by Gasteiger charge is -2.28. The van der Waals surface area contributed by atoms with Crippen LogP contribution in [0, 0.1) is 0 Å². The Bertz CT molecular complexity index is 349. The molecule has 0 aromatic rings. The van der Waals surface area contributed by atoms with Crippen molar-refractivity contribution in [2.24, 2.45) is 0 Å². The summed E-state index contributed by atoms with van der Waals surface area (Å²) in [6.07, 6.45) is 0.952. The molecule has 2 fully saturated rings. The molecule has 0 saturated carbocycles. The Balaban J connectivity index is 1.82.